The first kappa shape index (κ1) is 15.8. The molecule has 0 atom stereocenters. The number of rotatable bonds is 4. The van der Waals surface area contributed by atoms with Gasteiger partial charge in [0.25, 0.3) is 0 Å². The van der Waals surface area contributed by atoms with Crippen molar-refractivity contribution in [3.63, 3.8) is 0 Å². The number of aliphatic hydroxyl groups is 1. The number of halogens is 3. The van der Waals surface area contributed by atoms with Gasteiger partial charge in [-0.2, -0.15) is 13.2 Å². The first-order chi connectivity index (χ1) is 10.3. The molecule has 116 valence electrons. The van der Waals surface area contributed by atoms with E-state index in [2.05, 4.69) is 0 Å². The lowest BCUT2D eigenvalue weighted by atomic mass is 10.2. The Bertz CT molecular complexity index is 683. The van der Waals surface area contributed by atoms with Crippen molar-refractivity contribution < 1.29 is 27.9 Å². The van der Waals surface area contributed by atoms with Crippen LogP contribution in [0.25, 0.3) is 0 Å². The fraction of sp³-hybridized carbons (Fsp3) is 0.143. The highest BCUT2D eigenvalue weighted by Crippen LogP contribution is 2.37. The molecule has 0 saturated heterocycles. The van der Waals surface area contributed by atoms with Gasteiger partial charge >= 0.3 is 11.9 Å². The molecule has 2 rings (SSSR count). The van der Waals surface area contributed by atoms with Crippen LogP contribution in [0.2, 0.25) is 0 Å². The Kier molecular flexibility index (Phi) is 4.32. The Morgan fingerprint density at radius 2 is 1.77 bits per heavy atom. The van der Waals surface area contributed by atoms with Gasteiger partial charge in [-0.25, -0.2) is 0 Å². The van der Waals surface area contributed by atoms with Crippen LogP contribution in [0.15, 0.2) is 42.5 Å². The number of hydrogen-bond donors (Lipinski definition) is 1. The zero-order valence-corrected chi connectivity index (χ0v) is 11.0. The molecule has 8 heteroatoms. The van der Waals surface area contributed by atoms with Crippen LogP contribution in [0.4, 0.5) is 18.9 Å². The molecule has 0 heterocycles. The maximum Gasteiger partial charge on any atom is 0.416 e. The average molecular weight is 313 g/mol. The van der Waals surface area contributed by atoms with Crippen LogP contribution in [-0.4, -0.2) is 10.0 Å². The van der Waals surface area contributed by atoms with Gasteiger partial charge in [0.15, 0.2) is 0 Å². The second kappa shape index (κ2) is 6.02. The Balaban J connectivity index is 2.35. The second-order valence-corrected chi connectivity index (χ2v) is 4.34. The summed E-state index contributed by atoms with van der Waals surface area (Å²) in [6.45, 7) is -0.180. The van der Waals surface area contributed by atoms with Gasteiger partial charge in [-0.15, -0.1) is 0 Å². The third-order valence-corrected chi connectivity index (χ3v) is 2.82. The van der Waals surface area contributed by atoms with Gasteiger partial charge in [0.2, 0.25) is 5.75 Å². The van der Waals surface area contributed by atoms with Crippen molar-refractivity contribution in [1.82, 2.24) is 0 Å². The molecule has 0 aliphatic carbocycles. The van der Waals surface area contributed by atoms with Crippen molar-refractivity contribution in [2.75, 3.05) is 0 Å². The summed E-state index contributed by atoms with van der Waals surface area (Å²) in [7, 11) is 0. The van der Waals surface area contributed by atoms with E-state index in [-0.39, 0.29) is 18.1 Å². The molecule has 0 fully saturated rings. The van der Waals surface area contributed by atoms with Crippen LogP contribution in [0, 0.1) is 10.1 Å². The largest absolute Gasteiger partial charge is 0.450 e. The Morgan fingerprint density at radius 3 is 2.27 bits per heavy atom. The summed E-state index contributed by atoms with van der Waals surface area (Å²) in [6, 6.07) is 8.01. The SMILES string of the molecule is O=[N+]([O-])c1cc(C(F)(F)F)ccc1Oc1ccc(CO)cc1. The molecular formula is C14H10F3NO4. The van der Waals surface area contributed by atoms with E-state index < -0.39 is 22.4 Å². The first-order valence-electron chi connectivity index (χ1n) is 6.04. The topological polar surface area (TPSA) is 72.6 Å². The third-order valence-electron chi connectivity index (χ3n) is 2.82. The van der Waals surface area contributed by atoms with Crippen molar-refractivity contribution in [2.24, 2.45) is 0 Å². The van der Waals surface area contributed by atoms with Crippen LogP contribution >= 0.6 is 0 Å². The fourth-order valence-corrected chi connectivity index (χ4v) is 1.71. The number of aliphatic hydroxyl groups excluding tert-OH is 1. The number of benzene rings is 2. The van der Waals surface area contributed by atoms with Crippen LogP contribution < -0.4 is 4.74 Å². The molecule has 0 aliphatic heterocycles. The van der Waals surface area contributed by atoms with Crippen LogP contribution in [-0.2, 0) is 12.8 Å². The monoisotopic (exact) mass is 313 g/mol. The summed E-state index contributed by atoms with van der Waals surface area (Å²) in [5, 5.41) is 19.8. The van der Waals surface area contributed by atoms with Crippen LogP contribution in [0.1, 0.15) is 11.1 Å². The Labute approximate surface area is 122 Å². The molecule has 5 nitrogen and oxygen atoms in total. The number of nitrogens with zero attached hydrogens (tertiary/aromatic N) is 1. The molecule has 1 N–H and O–H groups in total. The van der Waals surface area contributed by atoms with Gasteiger partial charge in [0.1, 0.15) is 5.75 Å². The van der Waals surface area contributed by atoms with E-state index in [1.807, 2.05) is 0 Å². The van der Waals surface area contributed by atoms with Crippen LogP contribution in [0.5, 0.6) is 11.5 Å². The van der Waals surface area contributed by atoms with E-state index in [4.69, 9.17) is 9.84 Å². The summed E-state index contributed by atoms with van der Waals surface area (Å²) in [4.78, 5) is 9.98. The summed E-state index contributed by atoms with van der Waals surface area (Å²) in [5.41, 5.74) is -1.29. The van der Waals surface area contributed by atoms with Crippen molar-refractivity contribution in [2.45, 2.75) is 12.8 Å². The lowest BCUT2D eigenvalue weighted by Gasteiger charge is -2.10. The van der Waals surface area contributed by atoms with Gasteiger partial charge < -0.3 is 9.84 Å². The highest BCUT2D eigenvalue weighted by atomic mass is 19.4. The van der Waals surface area contributed by atoms with Crippen LogP contribution in [0.3, 0.4) is 0 Å². The van der Waals surface area contributed by atoms with E-state index in [0.29, 0.717) is 17.7 Å². The minimum atomic E-state index is -4.67. The third kappa shape index (κ3) is 3.53. The Hall–Kier alpha value is -2.61. The highest BCUT2D eigenvalue weighted by molar-refractivity contribution is 5.51. The predicted molar refractivity (Wildman–Crippen MR) is 70.5 cm³/mol. The quantitative estimate of drug-likeness (QED) is 0.686. The van der Waals surface area contributed by atoms with E-state index in [1.54, 1.807) is 0 Å². The molecule has 0 aromatic heterocycles. The van der Waals surface area contributed by atoms with E-state index in [1.165, 1.54) is 24.3 Å². The summed E-state index contributed by atoms with van der Waals surface area (Å²) in [6.07, 6.45) is -4.67. The van der Waals surface area contributed by atoms with Crippen molar-refractivity contribution in [3.05, 3.63) is 63.7 Å². The van der Waals surface area contributed by atoms with Crippen molar-refractivity contribution in [3.8, 4) is 11.5 Å². The molecule has 0 saturated carbocycles. The normalized spacial score (nSPS) is 11.3. The molecule has 0 aliphatic rings. The average Bonchev–Trinajstić information content (AvgIpc) is 2.47. The number of ether oxygens (including phenoxy) is 1. The van der Waals surface area contributed by atoms with Gasteiger partial charge in [-0.05, 0) is 29.8 Å². The Morgan fingerprint density at radius 1 is 1.14 bits per heavy atom. The standard InChI is InChI=1S/C14H10F3NO4/c15-14(16,17)10-3-6-13(12(7-10)18(20)21)22-11-4-1-9(8-19)2-5-11/h1-7,19H,8H2. The number of alkyl halides is 3. The maximum absolute atomic E-state index is 12.6. The fourth-order valence-electron chi connectivity index (χ4n) is 1.71. The van der Waals surface area contributed by atoms with E-state index >= 15 is 0 Å². The first-order valence-corrected chi connectivity index (χ1v) is 6.04. The molecule has 0 bridgehead atoms. The van der Waals surface area contributed by atoms with Gasteiger partial charge in [0.05, 0.1) is 17.1 Å². The molecule has 0 amide bonds. The molecule has 22 heavy (non-hydrogen) atoms. The molecule has 0 radical (unpaired) electrons. The molecule has 0 spiro atoms. The van der Waals surface area contributed by atoms with Crippen molar-refractivity contribution >= 4 is 5.69 Å². The van der Waals surface area contributed by atoms with E-state index in [0.717, 1.165) is 6.07 Å². The number of hydrogen-bond acceptors (Lipinski definition) is 4. The van der Waals surface area contributed by atoms with Gasteiger partial charge in [-0.1, -0.05) is 12.1 Å². The summed E-state index contributed by atoms with van der Waals surface area (Å²) < 4.78 is 43.0. The predicted octanol–water partition coefficient (Wildman–Crippen LogP) is 3.90. The second-order valence-electron chi connectivity index (χ2n) is 4.34. The number of nitro benzene ring substituents is 1. The smallest absolute Gasteiger partial charge is 0.416 e. The molecular weight excluding hydrogens is 303 g/mol. The molecule has 2 aromatic rings. The number of nitro groups is 1. The van der Waals surface area contributed by atoms with Crippen molar-refractivity contribution in [1.29, 1.82) is 0 Å². The zero-order valence-electron chi connectivity index (χ0n) is 11.0. The summed E-state index contributed by atoms with van der Waals surface area (Å²) in [5.74, 6) is -0.0881. The summed E-state index contributed by atoms with van der Waals surface area (Å²) >= 11 is 0. The van der Waals surface area contributed by atoms with E-state index in [9.17, 15) is 23.3 Å². The highest BCUT2D eigenvalue weighted by Gasteiger charge is 2.33. The minimum Gasteiger partial charge on any atom is -0.450 e. The maximum atomic E-state index is 12.6. The molecule has 2 aromatic carbocycles. The molecule has 0 unspecified atom stereocenters. The minimum absolute atomic E-state index is 0.180. The van der Waals surface area contributed by atoms with Gasteiger partial charge in [-0.3, -0.25) is 10.1 Å². The lowest BCUT2D eigenvalue weighted by molar-refractivity contribution is -0.385. The zero-order chi connectivity index (χ0) is 16.3. The van der Waals surface area contributed by atoms with Gasteiger partial charge in [0, 0.05) is 6.07 Å². The lowest BCUT2D eigenvalue weighted by Crippen LogP contribution is -2.06.